The number of morpholine rings is 1. The lowest BCUT2D eigenvalue weighted by molar-refractivity contribution is -0.132. The number of hydrogen-bond donors (Lipinski definition) is 3. The first kappa shape index (κ1) is 37.3. The third kappa shape index (κ3) is 18.6. The zero-order chi connectivity index (χ0) is 30.2. The van der Waals surface area contributed by atoms with Crippen molar-refractivity contribution in [2.45, 2.75) is 59.5 Å². The number of halogens is 2. The van der Waals surface area contributed by atoms with E-state index in [0.29, 0.717) is 39.1 Å². The lowest BCUT2D eigenvalue weighted by atomic mass is 10.0. The van der Waals surface area contributed by atoms with Crippen molar-refractivity contribution < 1.29 is 37.7 Å². The number of nitrogens with one attached hydrogen (secondary N) is 2. The van der Waals surface area contributed by atoms with Crippen LogP contribution in [-0.4, -0.2) is 93.9 Å². The van der Waals surface area contributed by atoms with Crippen LogP contribution in [0.5, 0.6) is 0 Å². The summed E-state index contributed by atoms with van der Waals surface area (Å²) < 4.78 is 35.2. The molecule has 1 aromatic carbocycles. The molecule has 3 N–H and O–H groups in total. The molecule has 2 unspecified atom stereocenters. The molecule has 1 fully saturated rings. The predicted octanol–water partition coefficient (Wildman–Crippen LogP) is 3.29. The summed E-state index contributed by atoms with van der Waals surface area (Å²) in [5, 5.41) is 15.7. The number of allylic oxidation sites excluding steroid dienone is 2. The minimum atomic E-state index is -2.62. The number of aryl methyl sites for hydroxylation is 1. The van der Waals surface area contributed by atoms with Crippen LogP contribution in [0.1, 0.15) is 39.7 Å². The number of aliphatic hydroxyl groups excluding tert-OH is 1. The van der Waals surface area contributed by atoms with Crippen LogP contribution < -0.4 is 10.6 Å². The van der Waals surface area contributed by atoms with E-state index in [9.17, 15) is 23.5 Å². The first-order chi connectivity index (χ1) is 19.3. The van der Waals surface area contributed by atoms with Gasteiger partial charge in [0.15, 0.2) is 6.29 Å². The third-order valence-corrected chi connectivity index (χ3v) is 5.51. The van der Waals surface area contributed by atoms with Crippen LogP contribution in [0, 0.1) is 0 Å². The van der Waals surface area contributed by atoms with Gasteiger partial charge in [-0.15, -0.1) is 0 Å². The molecular weight excluding hydrogens is 524 g/mol. The Balaban J connectivity index is 0.00000195. The van der Waals surface area contributed by atoms with Crippen molar-refractivity contribution in [1.29, 1.82) is 0 Å². The molecule has 1 heterocycles. The number of carbonyl (C=O) groups is 2. The van der Waals surface area contributed by atoms with Gasteiger partial charge >= 0.3 is 6.61 Å². The molecule has 2 rings (SSSR count). The fourth-order valence-corrected chi connectivity index (χ4v) is 3.43. The number of alkyl halides is 2. The van der Waals surface area contributed by atoms with Crippen molar-refractivity contribution >= 4 is 11.8 Å². The standard InChI is InChI=1S/C25H37N3O5.C2H4F2O.C2H6/c1-3-8-20(4-2)19-33-24(30)17-26-25(31)22(12-11-21-9-6-5-7-10-21)27-23(29)18-28-13-15-32-16-14-28;1-5-2(3)4;1-2/h3-10,22,24,30H,11-19H2,1-2H3,(H,26,31)(H,27,29);2H,1H3;1-2H3/b8-3-,20-4+;;. The van der Waals surface area contributed by atoms with Crippen LogP contribution in [-0.2, 0) is 30.2 Å². The smallest absolute Gasteiger partial charge is 0.345 e. The molecule has 40 heavy (non-hydrogen) atoms. The van der Waals surface area contributed by atoms with Crippen molar-refractivity contribution in [3.8, 4) is 0 Å². The Kier molecular flexibility index (Phi) is 22.5. The van der Waals surface area contributed by atoms with Crippen molar-refractivity contribution in [2.75, 3.05) is 53.1 Å². The van der Waals surface area contributed by atoms with E-state index in [0.717, 1.165) is 18.2 Å². The van der Waals surface area contributed by atoms with Gasteiger partial charge in [-0.25, -0.2) is 0 Å². The second-order valence-corrected chi connectivity index (χ2v) is 8.40. The fraction of sp³-hybridized carbons (Fsp3) is 0.586. The summed E-state index contributed by atoms with van der Waals surface area (Å²) in [6.45, 7) is 8.18. The lowest BCUT2D eigenvalue weighted by Gasteiger charge is -2.27. The average Bonchev–Trinajstić information content (AvgIpc) is 2.98. The van der Waals surface area contributed by atoms with Crippen LogP contribution in [0.15, 0.2) is 54.1 Å². The summed E-state index contributed by atoms with van der Waals surface area (Å²) in [7, 11) is 0.949. The number of aliphatic hydroxyl groups is 1. The van der Waals surface area contributed by atoms with Gasteiger partial charge in [0.25, 0.3) is 0 Å². The van der Waals surface area contributed by atoms with E-state index in [1.165, 1.54) is 0 Å². The Morgan fingerprint density at radius 3 is 2.33 bits per heavy atom. The average molecular weight is 572 g/mol. The van der Waals surface area contributed by atoms with E-state index in [-0.39, 0.29) is 31.5 Å². The number of amides is 2. The van der Waals surface area contributed by atoms with Gasteiger partial charge in [-0.1, -0.05) is 62.4 Å². The maximum absolute atomic E-state index is 12.8. The van der Waals surface area contributed by atoms with E-state index >= 15 is 0 Å². The number of benzene rings is 1. The van der Waals surface area contributed by atoms with Gasteiger partial charge in [-0.3, -0.25) is 14.5 Å². The van der Waals surface area contributed by atoms with Crippen molar-refractivity contribution in [3.05, 3.63) is 59.7 Å². The Bertz CT molecular complexity index is 849. The molecule has 2 atom stereocenters. The largest absolute Gasteiger partial charge is 0.379 e. The van der Waals surface area contributed by atoms with Gasteiger partial charge in [0.05, 0.1) is 32.9 Å². The van der Waals surface area contributed by atoms with Crippen molar-refractivity contribution in [3.63, 3.8) is 0 Å². The molecule has 0 spiro atoms. The maximum atomic E-state index is 12.8. The van der Waals surface area contributed by atoms with Crippen LogP contribution in [0.3, 0.4) is 0 Å². The summed E-state index contributed by atoms with van der Waals surface area (Å²) in [5.74, 6) is -0.547. The van der Waals surface area contributed by atoms with Crippen LogP contribution in [0.4, 0.5) is 8.78 Å². The minimum absolute atomic E-state index is 0.0627. The number of carbonyl (C=O) groups excluding carboxylic acids is 2. The highest BCUT2D eigenvalue weighted by Crippen LogP contribution is 2.07. The molecule has 0 aromatic heterocycles. The van der Waals surface area contributed by atoms with Crippen molar-refractivity contribution in [2.24, 2.45) is 0 Å². The topological polar surface area (TPSA) is 109 Å². The molecule has 0 bridgehead atoms. The van der Waals surface area contributed by atoms with Gasteiger partial charge in [0, 0.05) is 20.2 Å². The zero-order valence-corrected chi connectivity index (χ0v) is 24.4. The Hall–Kier alpha value is -2.70. The third-order valence-electron chi connectivity index (χ3n) is 5.51. The Morgan fingerprint density at radius 2 is 1.77 bits per heavy atom. The van der Waals surface area contributed by atoms with Gasteiger partial charge in [0.2, 0.25) is 11.8 Å². The zero-order valence-electron chi connectivity index (χ0n) is 24.4. The monoisotopic (exact) mass is 571 g/mol. The van der Waals surface area contributed by atoms with Gasteiger partial charge < -0.3 is 30.0 Å². The van der Waals surface area contributed by atoms with Crippen LogP contribution in [0.25, 0.3) is 0 Å². The number of rotatable bonds is 14. The number of ether oxygens (including phenoxy) is 3. The summed E-state index contributed by atoms with van der Waals surface area (Å²) in [4.78, 5) is 27.4. The summed E-state index contributed by atoms with van der Waals surface area (Å²) >= 11 is 0. The van der Waals surface area contributed by atoms with E-state index in [1.807, 2.05) is 81.2 Å². The molecule has 0 saturated carbocycles. The van der Waals surface area contributed by atoms with Gasteiger partial charge in [0.1, 0.15) is 6.04 Å². The Morgan fingerprint density at radius 1 is 1.15 bits per heavy atom. The first-order valence-corrected chi connectivity index (χ1v) is 13.6. The normalized spacial score (nSPS) is 15.4. The maximum Gasteiger partial charge on any atom is 0.345 e. The minimum Gasteiger partial charge on any atom is -0.379 e. The highest BCUT2D eigenvalue weighted by Gasteiger charge is 2.23. The summed E-state index contributed by atoms with van der Waals surface area (Å²) in [5.41, 5.74) is 2.02. The number of nitrogens with zero attached hydrogens (tertiary/aromatic N) is 1. The molecule has 0 aliphatic carbocycles. The fourth-order valence-electron chi connectivity index (χ4n) is 3.43. The molecule has 228 valence electrons. The second-order valence-electron chi connectivity index (χ2n) is 8.40. The molecule has 9 nitrogen and oxygen atoms in total. The molecular formula is C29H47F2N3O6. The van der Waals surface area contributed by atoms with E-state index in [2.05, 4.69) is 15.4 Å². The van der Waals surface area contributed by atoms with E-state index in [1.54, 1.807) is 0 Å². The second kappa shape index (κ2) is 24.1. The summed E-state index contributed by atoms with van der Waals surface area (Å²) in [6, 6.07) is 9.11. The quantitative estimate of drug-likeness (QED) is 0.232. The molecule has 1 aromatic rings. The van der Waals surface area contributed by atoms with E-state index < -0.39 is 18.9 Å². The molecule has 1 aliphatic heterocycles. The lowest BCUT2D eigenvalue weighted by Crippen LogP contribution is -2.51. The van der Waals surface area contributed by atoms with Gasteiger partial charge in [-0.05, 0) is 37.8 Å². The van der Waals surface area contributed by atoms with Crippen LogP contribution in [0.2, 0.25) is 0 Å². The van der Waals surface area contributed by atoms with E-state index in [4.69, 9.17) is 9.47 Å². The highest BCUT2D eigenvalue weighted by molar-refractivity contribution is 5.88. The highest BCUT2D eigenvalue weighted by atomic mass is 19.3. The Labute approximate surface area is 237 Å². The summed E-state index contributed by atoms with van der Waals surface area (Å²) in [6.07, 6.45) is 5.64. The number of hydrogen-bond acceptors (Lipinski definition) is 7. The molecule has 1 aliphatic rings. The molecule has 2 amide bonds. The van der Waals surface area contributed by atoms with Crippen LogP contribution >= 0.6 is 0 Å². The van der Waals surface area contributed by atoms with Crippen molar-refractivity contribution in [1.82, 2.24) is 15.5 Å². The predicted molar refractivity (Wildman–Crippen MR) is 152 cm³/mol. The molecule has 11 heteroatoms. The molecule has 0 radical (unpaired) electrons. The SMILES string of the molecule is C/C=C\C(=C/C)COC(O)CNC(=O)C(CCc1ccccc1)NC(=O)CN1CCOCC1.CC.COC(F)F. The molecule has 1 saturated heterocycles. The van der Waals surface area contributed by atoms with Gasteiger partial charge in [-0.2, -0.15) is 8.78 Å². The number of methoxy groups -OCH3 is 1. The first-order valence-electron chi connectivity index (χ1n) is 13.6.